The average molecular weight is 1510 g/mol. The maximum absolute atomic E-state index is 4.92. The standard InChI is InChI=1S/C42H42N.C18H22N.C15H14.C9H14.2Ir/c1-40(2)33-14-10-9-13-31(33)32-18-15-27(21-36(32)40)28-16-19-34-37(22-28)41(3,4)35-20-17-29(23-38(35)42(34,5)6)39-24-26-11-7-8-12-30(26)25-43-39;1-14(2)8-4-5-9-15(3)18-17-11-7-6-10-16(17)12-13-19-18;1-15(2)13-9-5-3-7-11(13)12-8-4-6-10-14(12)15;1-8(2)9-6-4-3-5-7-9;;/h9-10,13-15,18,20-25H,7-8,11-12,16,19H2,1-6H3;4-5,8,12-14H,3,6-7,10-11H2,1-2H3;3-10H,1-2H3;4,6-8H,3,5H2,1-2H3;;/q2*-1;;;;/b;8-4+;;;;. The van der Waals surface area contributed by atoms with E-state index in [1.165, 1.54) is 158 Å². The van der Waals surface area contributed by atoms with E-state index in [0.29, 0.717) is 11.8 Å². The minimum Gasteiger partial charge on any atom is -0.304 e. The molecule has 2 aromatic heterocycles. The van der Waals surface area contributed by atoms with E-state index < -0.39 is 0 Å². The Bertz CT molecular complexity index is 3870. The van der Waals surface area contributed by atoms with Crippen molar-refractivity contribution in [1.82, 2.24) is 9.97 Å². The number of pyridine rings is 2. The van der Waals surface area contributed by atoms with Gasteiger partial charge in [-0.2, -0.15) is 6.58 Å². The number of fused-ring (bicyclic) bond motifs is 9. The third-order valence-electron chi connectivity index (χ3n) is 20.1. The smallest absolute Gasteiger partial charge is 0.0195 e. The first-order valence-electron chi connectivity index (χ1n) is 32.5. The van der Waals surface area contributed by atoms with E-state index >= 15 is 0 Å². The summed E-state index contributed by atoms with van der Waals surface area (Å²) in [5.41, 5.74) is 31.6. The Labute approximate surface area is 556 Å². The molecule has 7 aliphatic carbocycles. The Kier molecular flexibility index (Phi) is 20.8. The minimum atomic E-state index is -0.0869. The van der Waals surface area contributed by atoms with E-state index in [4.69, 9.17) is 4.98 Å². The molecule has 0 N–H and O–H groups in total. The number of hydrogen-bond acceptors (Lipinski definition) is 2. The second-order valence-corrected chi connectivity index (χ2v) is 27.9. The second-order valence-electron chi connectivity index (χ2n) is 27.9. The molecule has 14 rings (SSSR count). The molecule has 0 atom stereocenters. The van der Waals surface area contributed by atoms with Gasteiger partial charge in [-0.25, -0.2) is 0 Å². The molecule has 0 amide bonds. The van der Waals surface area contributed by atoms with Crippen LogP contribution in [0.4, 0.5) is 0 Å². The Morgan fingerprint density at radius 1 is 0.580 bits per heavy atom. The number of rotatable bonds is 7. The zero-order chi connectivity index (χ0) is 60.5. The molecule has 0 unspecified atom stereocenters. The van der Waals surface area contributed by atoms with Crippen molar-refractivity contribution in [2.75, 3.05) is 0 Å². The van der Waals surface area contributed by atoms with Gasteiger partial charge in [0.05, 0.1) is 0 Å². The number of allylic oxidation sites excluding steroid dienone is 13. The van der Waals surface area contributed by atoms with Crippen molar-refractivity contribution >= 4 is 11.1 Å². The van der Waals surface area contributed by atoms with Gasteiger partial charge in [0, 0.05) is 63.4 Å². The molecule has 0 fully saturated rings. The van der Waals surface area contributed by atoms with Gasteiger partial charge in [0.25, 0.3) is 0 Å². The van der Waals surface area contributed by atoms with Crippen molar-refractivity contribution in [2.24, 2.45) is 11.8 Å². The maximum Gasteiger partial charge on any atom is 0.0195 e. The molecule has 5 aromatic carbocycles. The average Bonchev–Trinajstić information content (AvgIpc) is 0.941. The largest absolute Gasteiger partial charge is 0.304 e. The molecule has 458 valence electrons. The van der Waals surface area contributed by atoms with Crippen LogP contribution in [0.1, 0.15) is 201 Å². The first-order chi connectivity index (χ1) is 41.3. The topological polar surface area (TPSA) is 25.8 Å². The summed E-state index contributed by atoms with van der Waals surface area (Å²) in [4.78, 5) is 9.42. The zero-order valence-corrected chi connectivity index (χ0v) is 59.4. The SMILES string of the molecule is C=C([C-]=C/C=C/C(C)C)c1nccc2c1CCCC2.CC(C)C1=CCCC=C1.CC1(C)C2=C(CCC(c3ccc4c(c3)C(C)(C)c3ccccc3-4)=C2)C(C)(C)c2cc(-c3cc4c(cn3)CCCC4)[c-]cc21.CC1(C)c2ccccc2-c2ccccc21.[Ir].[Ir]. The van der Waals surface area contributed by atoms with Gasteiger partial charge in [0.15, 0.2) is 0 Å². The van der Waals surface area contributed by atoms with Crippen LogP contribution >= 0.6 is 0 Å². The van der Waals surface area contributed by atoms with Crippen LogP contribution < -0.4 is 0 Å². The van der Waals surface area contributed by atoms with E-state index in [9.17, 15) is 0 Å². The fourth-order valence-electron chi connectivity index (χ4n) is 15.0. The first-order valence-corrected chi connectivity index (χ1v) is 32.5. The molecular weight excluding hydrogens is 1420 g/mol. The normalized spacial score (nSPS) is 17.8. The van der Waals surface area contributed by atoms with Crippen LogP contribution in [0.2, 0.25) is 0 Å². The van der Waals surface area contributed by atoms with Crippen LogP contribution in [0.3, 0.4) is 0 Å². The van der Waals surface area contributed by atoms with Gasteiger partial charge in [-0.3, -0.25) is 0 Å². The Morgan fingerprint density at radius 2 is 1.18 bits per heavy atom. The van der Waals surface area contributed by atoms with Gasteiger partial charge in [-0.15, -0.1) is 64.8 Å². The number of aromatic nitrogens is 2. The molecule has 0 saturated carbocycles. The quantitative estimate of drug-likeness (QED) is 0.117. The Morgan fingerprint density at radius 3 is 1.80 bits per heavy atom. The summed E-state index contributed by atoms with van der Waals surface area (Å²) in [5.74, 6) is 1.27. The summed E-state index contributed by atoms with van der Waals surface area (Å²) in [6, 6.07) is 46.5. The van der Waals surface area contributed by atoms with Crippen molar-refractivity contribution in [1.29, 1.82) is 0 Å². The summed E-state index contributed by atoms with van der Waals surface area (Å²) in [5, 5.41) is 0. The predicted molar refractivity (Wildman–Crippen MR) is 366 cm³/mol. The fraction of sp³-hybridized carbons (Fsp3) is 0.357. The van der Waals surface area contributed by atoms with Crippen molar-refractivity contribution in [3.05, 3.63) is 273 Å². The second kappa shape index (κ2) is 27.5. The molecule has 0 bridgehead atoms. The van der Waals surface area contributed by atoms with Crippen LogP contribution in [0.5, 0.6) is 0 Å². The van der Waals surface area contributed by atoms with Gasteiger partial charge in [-0.1, -0.05) is 221 Å². The molecule has 88 heavy (non-hydrogen) atoms. The fourth-order valence-corrected chi connectivity index (χ4v) is 15.0. The zero-order valence-electron chi connectivity index (χ0n) is 54.6. The molecule has 0 aliphatic heterocycles. The van der Waals surface area contributed by atoms with E-state index in [-0.39, 0.29) is 61.9 Å². The maximum atomic E-state index is 4.92. The molecule has 2 heterocycles. The van der Waals surface area contributed by atoms with E-state index in [1.54, 1.807) is 5.57 Å². The van der Waals surface area contributed by atoms with E-state index in [2.05, 4.69) is 259 Å². The van der Waals surface area contributed by atoms with Gasteiger partial charge < -0.3 is 9.97 Å². The molecule has 7 aromatic rings. The van der Waals surface area contributed by atoms with Crippen LogP contribution in [0.15, 0.2) is 193 Å². The summed E-state index contributed by atoms with van der Waals surface area (Å²) in [6.07, 6.45) is 37.2. The Hall–Kier alpha value is -6.12. The van der Waals surface area contributed by atoms with Gasteiger partial charge >= 0.3 is 0 Å². The molecule has 0 spiro atoms. The van der Waals surface area contributed by atoms with Crippen molar-refractivity contribution in [3.8, 4) is 33.5 Å². The summed E-state index contributed by atoms with van der Waals surface area (Å²) in [7, 11) is 0. The minimum absolute atomic E-state index is 0. The molecular formula is C84H92Ir2N2-2. The Balaban J connectivity index is 0.000000168. The van der Waals surface area contributed by atoms with Crippen molar-refractivity contribution in [2.45, 2.75) is 182 Å². The number of hydrogen-bond donors (Lipinski definition) is 0. The van der Waals surface area contributed by atoms with Crippen LogP contribution in [0.25, 0.3) is 44.7 Å². The molecule has 2 radical (unpaired) electrons. The third-order valence-corrected chi connectivity index (χ3v) is 20.1. The van der Waals surface area contributed by atoms with Crippen LogP contribution in [-0.4, -0.2) is 9.97 Å². The van der Waals surface area contributed by atoms with Gasteiger partial charge in [0.1, 0.15) is 0 Å². The predicted octanol–water partition coefficient (Wildman–Crippen LogP) is 21.9. The number of aryl methyl sites for hydroxylation is 3. The number of benzene rings is 5. The van der Waals surface area contributed by atoms with Gasteiger partial charge in [0.2, 0.25) is 0 Å². The summed E-state index contributed by atoms with van der Waals surface area (Å²) in [6.45, 7) is 32.0. The molecule has 2 nitrogen and oxygen atoms in total. The third kappa shape index (κ3) is 13.2. The monoisotopic (exact) mass is 1510 g/mol. The number of nitrogens with zero attached hydrogens (tertiary/aromatic N) is 2. The molecule has 0 saturated heterocycles. The molecule has 4 heteroatoms. The first kappa shape index (κ1) is 66.3. The van der Waals surface area contributed by atoms with Crippen LogP contribution in [0, 0.1) is 24.0 Å². The van der Waals surface area contributed by atoms with Gasteiger partial charge in [-0.05, 0) is 196 Å². The van der Waals surface area contributed by atoms with Crippen molar-refractivity contribution in [3.63, 3.8) is 0 Å². The van der Waals surface area contributed by atoms with E-state index in [0.717, 1.165) is 41.8 Å². The summed E-state index contributed by atoms with van der Waals surface area (Å²) < 4.78 is 0. The van der Waals surface area contributed by atoms with Crippen molar-refractivity contribution < 1.29 is 40.2 Å². The molecule has 7 aliphatic rings. The van der Waals surface area contributed by atoms with E-state index in [1.807, 2.05) is 18.3 Å². The summed E-state index contributed by atoms with van der Waals surface area (Å²) >= 11 is 0. The van der Waals surface area contributed by atoms with Crippen LogP contribution in [-0.2, 0) is 87.6 Å².